The minimum Gasteiger partial charge on any atom is -0.497 e. The van der Waals surface area contributed by atoms with Crippen molar-refractivity contribution in [1.82, 2.24) is 14.5 Å². The van der Waals surface area contributed by atoms with Crippen molar-refractivity contribution >= 4 is 17.0 Å². The topological polar surface area (TPSA) is 85.3 Å². The van der Waals surface area contributed by atoms with Gasteiger partial charge in [-0.25, -0.2) is 9.97 Å². The normalized spacial score (nSPS) is 11.0. The van der Waals surface area contributed by atoms with Gasteiger partial charge in [-0.05, 0) is 36.4 Å². The van der Waals surface area contributed by atoms with Crippen molar-refractivity contribution < 1.29 is 14.3 Å². The molecule has 0 aliphatic rings. The molecule has 2 aromatic heterocycles. The molecule has 0 spiro atoms. The quantitative estimate of drug-likeness (QED) is 0.524. The number of nitrogens with zero attached hydrogens (tertiary/aromatic N) is 3. The highest BCUT2D eigenvalue weighted by atomic mass is 16.5. The van der Waals surface area contributed by atoms with E-state index in [0.29, 0.717) is 24.9 Å². The second-order valence-corrected chi connectivity index (χ2v) is 6.03. The van der Waals surface area contributed by atoms with Crippen LogP contribution in [-0.2, 0) is 6.54 Å². The van der Waals surface area contributed by atoms with Gasteiger partial charge in [0.05, 0.1) is 37.0 Å². The molecular weight excluding hydrogens is 344 g/mol. The van der Waals surface area contributed by atoms with Gasteiger partial charge < -0.3 is 24.1 Å². The highest BCUT2D eigenvalue weighted by molar-refractivity contribution is 5.78. The number of hydrogen-bond acceptors (Lipinski definition) is 6. The van der Waals surface area contributed by atoms with Gasteiger partial charge in [-0.3, -0.25) is 0 Å². The van der Waals surface area contributed by atoms with Crippen molar-refractivity contribution in [3.63, 3.8) is 0 Å². The summed E-state index contributed by atoms with van der Waals surface area (Å²) in [4.78, 5) is 9.20. The van der Waals surface area contributed by atoms with Crippen molar-refractivity contribution in [3.8, 4) is 17.2 Å². The van der Waals surface area contributed by atoms with E-state index < -0.39 is 0 Å². The molecule has 0 aliphatic heterocycles. The molecule has 4 aromatic rings. The van der Waals surface area contributed by atoms with Gasteiger partial charge in [0.25, 0.3) is 0 Å². The van der Waals surface area contributed by atoms with Crippen LogP contribution in [0, 0.1) is 0 Å². The third kappa shape index (κ3) is 3.50. The molecule has 0 radical (unpaired) electrons. The van der Waals surface area contributed by atoms with Gasteiger partial charge in [0, 0.05) is 12.1 Å². The highest BCUT2D eigenvalue weighted by Crippen LogP contribution is 2.24. The maximum atomic E-state index is 9.11. The Kier molecular flexibility index (Phi) is 4.76. The largest absolute Gasteiger partial charge is 0.497 e. The molecule has 7 heteroatoms. The first-order chi connectivity index (χ1) is 13.3. The van der Waals surface area contributed by atoms with Gasteiger partial charge in [0.15, 0.2) is 0 Å². The zero-order valence-corrected chi connectivity index (χ0v) is 14.9. The molecule has 0 fully saturated rings. The number of para-hydroxylation sites is 2. The monoisotopic (exact) mass is 364 g/mol. The Balaban J connectivity index is 1.63. The van der Waals surface area contributed by atoms with E-state index in [1.54, 1.807) is 13.4 Å². The molecule has 138 valence electrons. The molecule has 27 heavy (non-hydrogen) atoms. The Labute approximate surface area is 156 Å². The molecule has 0 bridgehead atoms. The van der Waals surface area contributed by atoms with E-state index in [0.717, 1.165) is 28.0 Å². The summed E-state index contributed by atoms with van der Waals surface area (Å²) in [6, 6.07) is 15.5. The lowest BCUT2D eigenvalue weighted by molar-refractivity contribution is 0.310. The van der Waals surface area contributed by atoms with E-state index in [1.807, 2.05) is 53.1 Å². The number of methoxy groups -OCH3 is 1. The fourth-order valence-electron chi connectivity index (χ4n) is 2.95. The van der Waals surface area contributed by atoms with Gasteiger partial charge in [-0.1, -0.05) is 12.1 Å². The number of aliphatic hydroxyl groups excluding tert-OH is 1. The second kappa shape index (κ2) is 7.51. The number of anilines is 1. The van der Waals surface area contributed by atoms with Crippen LogP contribution in [-0.4, -0.2) is 39.9 Å². The van der Waals surface area contributed by atoms with Crippen molar-refractivity contribution in [2.24, 2.45) is 0 Å². The van der Waals surface area contributed by atoms with Crippen LogP contribution in [0.1, 0.15) is 5.69 Å². The summed E-state index contributed by atoms with van der Waals surface area (Å²) in [6.07, 6.45) is 1.66. The predicted molar refractivity (Wildman–Crippen MR) is 103 cm³/mol. The average molecular weight is 364 g/mol. The molecule has 4 rings (SSSR count). The van der Waals surface area contributed by atoms with E-state index >= 15 is 0 Å². The van der Waals surface area contributed by atoms with Crippen molar-refractivity contribution in [3.05, 3.63) is 60.5 Å². The standard InChI is InChI=1S/C20H20N4O3/c1-26-16-8-6-14(7-9-16)19-22-15(13-27-19)12-24-18-5-3-2-4-17(18)23-20(24)21-10-11-25/h2-9,13,25H,10-12H2,1H3,(H,21,23). The van der Waals surface area contributed by atoms with Gasteiger partial charge in [0.1, 0.15) is 12.0 Å². The number of ether oxygens (including phenoxy) is 1. The zero-order valence-electron chi connectivity index (χ0n) is 14.9. The summed E-state index contributed by atoms with van der Waals surface area (Å²) in [5.41, 5.74) is 3.55. The Hall–Kier alpha value is -3.32. The minimum absolute atomic E-state index is 0.0365. The van der Waals surface area contributed by atoms with Gasteiger partial charge in [0.2, 0.25) is 11.8 Å². The van der Waals surface area contributed by atoms with Crippen LogP contribution in [0.25, 0.3) is 22.5 Å². The average Bonchev–Trinajstić information content (AvgIpc) is 3.32. The molecule has 0 amide bonds. The number of aliphatic hydroxyl groups is 1. The highest BCUT2D eigenvalue weighted by Gasteiger charge is 2.13. The van der Waals surface area contributed by atoms with Crippen molar-refractivity contribution in [2.75, 3.05) is 25.6 Å². The summed E-state index contributed by atoms with van der Waals surface area (Å²) < 4.78 is 12.9. The Morgan fingerprint density at radius 3 is 2.70 bits per heavy atom. The third-order valence-electron chi connectivity index (χ3n) is 4.26. The SMILES string of the molecule is COc1ccc(-c2nc(Cn3c(NCCO)nc4ccccc43)co2)cc1. The van der Waals surface area contributed by atoms with Crippen LogP contribution in [0.15, 0.2) is 59.2 Å². The molecule has 2 N–H and O–H groups in total. The van der Waals surface area contributed by atoms with E-state index in [1.165, 1.54) is 0 Å². The van der Waals surface area contributed by atoms with Gasteiger partial charge >= 0.3 is 0 Å². The van der Waals surface area contributed by atoms with Crippen molar-refractivity contribution in [1.29, 1.82) is 0 Å². The van der Waals surface area contributed by atoms with E-state index in [9.17, 15) is 0 Å². The number of aromatic nitrogens is 3. The fourth-order valence-corrected chi connectivity index (χ4v) is 2.95. The van der Waals surface area contributed by atoms with Gasteiger partial charge in [-0.2, -0.15) is 0 Å². The zero-order chi connectivity index (χ0) is 18.6. The number of nitrogens with one attached hydrogen (secondary N) is 1. The molecule has 0 aliphatic carbocycles. The molecule has 0 atom stereocenters. The molecule has 0 saturated carbocycles. The van der Waals surface area contributed by atoms with E-state index in [2.05, 4.69) is 15.3 Å². The molecule has 2 aromatic carbocycles. The van der Waals surface area contributed by atoms with Crippen molar-refractivity contribution in [2.45, 2.75) is 6.54 Å². The molecule has 2 heterocycles. The molecule has 7 nitrogen and oxygen atoms in total. The fraction of sp³-hybridized carbons (Fsp3) is 0.200. The second-order valence-electron chi connectivity index (χ2n) is 6.03. The first-order valence-electron chi connectivity index (χ1n) is 8.67. The van der Waals surface area contributed by atoms with Crippen LogP contribution >= 0.6 is 0 Å². The number of hydrogen-bond donors (Lipinski definition) is 2. The van der Waals surface area contributed by atoms with Crippen LogP contribution in [0.2, 0.25) is 0 Å². The third-order valence-corrected chi connectivity index (χ3v) is 4.26. The Morgan fingerprint density at radius 1 is 1.11 bits per heavy atom. The van der Waals surface area contributed by atoms with E-state index in [4.69, 9.17) is 14.3 Å². The number of oxazole rings is 1. The molecule has 0 unspecified atom stereocenters. The van der Waals surface area contributed by atoms with Crippen LogP contribution in [0.5, 0.6) is 5.75 Å². The van der Waals surface area contributed by atoms with Crippen LogP contribution < -0.4 is 10.1 Å². The first kappa shape index (κ1) is 17.1. The lowest BCUT2D eigenvalue weighted by atomic mass is 10.2. The lowest BCUT2D eigenvalue weighted by Gasteiger charge is -2.08. The number of rotatable bonds is 7. The summed E-state index contributed by atoms with van der Waals surface area (Å²) in [5, 5.41) is 12.3. The summed E-state index contributed by atoms with van der Waals surface area (Å²) in [7, 11) is 1.64. The number of fused-ring (bicyclic) bond motifs is 1. The van der Waals surface area contributed by atoms with E-state index in [-0.39, 0.29) is 6.61 Å². The maximum Gasteiger partial charge on any atom is 0.226 e. The first-order valence-corrected chi connectivity index (χ1v) is 8.67. The summed E-state index contributed by atoms with van der Waals surface area (Å²) in [6.45, 7) is 0.974. The minimum atomic E-state index is 0.0365. The molecular formula is C20H20N4O3. The number of benzene rings is 2. The van der Waals surface area contributed by atoms with Gasteiger partial charge in [-0.15, -0.1) is 0 Å². The lowest BCUT2D eigenvalue weighted by Crippen LogP contribution is -2.12. The van der Waals surface area contributed by atoms with Crippen LogP contribution in [0.4, 0.5) is 5.95 Å². The Morgan fingerprint density at radius 2 is 1.93 bits per heavy atom. The maximum absolute atomic E-state index is 9.11. The summed E-state index contributed by atoms with van der Waals surface area (Å²) in [5.74, 6) is 2.04. The smallest absolute Gasteiger partial charge is 0.226 e. The van der Waals surface area contributed by atoms with Crippen LogP contribution in [0.3, 0.4) is 0 Å². The predicted octanol–water partition coefficient (Wildman–Crippen LogP) is 3.15. The summed E-state index contributed by atoms with van der Waals surface area (Å²) >= 11 is 0. The molecule has 0 saturated heterocycles. The Bertz CT molecular complexity index is 1040. The number of imidazole rings is 1.